The maximum Gasteiger partial charge on any atom is 0.0422 e. The number of aryl methyl sites for hydroxylation is 1. The van der Waals surface area contributed by atoms with Crippen LogP contribution in [0.4, 0.5) is 5.69 Å². The molecule has 0 spiro atoms. The van der Waals surface area contributed by atoms with Crippen LogP contribution in [0.3, 0.4) is 0 Å². The molecule has 0 aliphatic rings. The topological polar surface area (TPSA) is 12.0 Å². The molecule has 20 heavy (non-hydrogen) atoms. The largest absolute Gasteiger partial charge is 0.380 e. The summed E-state index contributed by atoms with van der Waals surface area (Å²) >= 11 is 3.63. The predicted molar refractivity (Wildman–Crippen MR) is 90.2 cm³/mol. The van der Waals surface area contributed by atoms with E-state index in [0.29, 0.717) is 0 Å². The molecule has 0 saturated carbocycles. The quantitative estimate of drug-likeness (QED) is 0.668. The molecule has 0 aliphatic carbocycles. The van der Waals surface area contributed by atoms with Crippen molar-refractivity contribution in [1.29, 1.82) is 0 Å². The molecule has 3 aromatic carbocycles. The second-order valence-corrected chi connectivity index (χ2v) is 5.83. The zero-order chi connectivity index (χ0) is 13.9. The van der Waals surface area contributed by atoms with Crippen molar-refractivity contribution in [3.63, 3.8) is 0 Å². The molecule has 0 radical (unpaired) electrons. The van der Waals surface area contributed by atoms with E-state index in [9.17, 15) is 0 Å². The first-order valence-corrected chi connectivity index (χ1v) is 7.50. The van der Waals surface area contributed by atoms with E-state index in [2.05, 4.69) is 88.8 Å². The summed E-state index contributed by atoms with van der Waals surface area (Å²) in [7, 11) is 0. The van der Waals surface area contributed by atoms with Gasteiger partial charge in [-0.2, -0.15) is 0 Å². The van der Waals surface area contributed by atoms with Crippen molar-refractivity contribution >= 4 is 32.4 Å². The lowest BCUT2D eigenvalue weighted by atomic mass is 10.1. The van der Waals surface area contributed by atoms with E-state index in [0.717, 1.165) is 11.0 Å². The van der Waals surface area contributed by atoms with Gasteiger partial charge >= 0.3 is 0 Å². The van der Waals surface area contributed by atoms with Crippen molar-refractivity contribution in [1.82, 2.24) is 0 Å². The molecule has 0 atom stereocenters. The zero-order valence-corrected chi connectivity index (χ0v) is 12.9. The summed E-state index contributed by atoms with van der Waals surface area (Å²) in [5.41, 5.74) is 3.71. The lowest BCUT2D eigenvalue weighted by Gasteiger charge is -2.11. The minimum absolute atomic E-state index is 0.814. The Labute approximate surface area is 127 Å². The van der Waals surface area contributed by atoms with Crippen molar-refractivity contribution in [3.05, 3.63) is 76.3 Å². The molecule has 0 bridgehead atoms. The third kappa shape index (κ3) is 2.70. The highest BCUT2D eigenvalue weighted by Gasteiger charge is 2.02. The number of rotatable bonds is 3. The number of hydrogen-bond donors (Lipinski definition) is 1. The van der Waals surface area contributed by atoms with Gasteiger partial charge in [0, 0.05) is 22.1 Å². The molecule has 3 rings (SSSR count). The fraction of sp³-hybridized carbons (Fsp3) is 0.111. The second kappa shape index (κ2) is 5.68. The van der Waals surface area contributed by atoms with Gasteiger partial charge in [-0.15, -0.1) is 0 Å². The van der Waals surface area contributed by atoms with E-state index in [1.807, 2.05) is 0 Å². The van der Waals surface area contributed by atoms with Gasteiger partial charge in [0.15, 0.2) is 0 Å². The predicted octanol–water partition coefficient (Wildman–Crippen LogP) is 5.52. The fourth-order valence-electron chi connectivity index (χ4n) is 2.37. The van der Waals surface area contributed by atoms with Crippen LogP contribution in [0.2, 0.25) is 0 Å². The molecule has 100 valence electrons. The summed E-state index contributed by atoms with van der Waals surface area (Å²) < 4.78 is 1.16. The molecule has 0 saturated heterocycles. The van der Waals surface area contributed by atoms with Gasteiger partial charge in [-0.3, -0.25) is 0 Å². The molecular weight excluding hydrogens is 310 g/mol. The summed E-state index contributed by atoms with van der Waals surface area (Å²) in [5.74, 6) is 0. The van der Waals surface area contributed by atoms with Crippen molar-refractivity contribution in [2.45, 2.75) is 13.5 Å². The molecule has 3 aromatic rings. The van der Waals surface area contributed by atoms with Gasteiger partial charge in [0.2, 0.25) is 0 Å². The Morgan fingerprint density at radius 1 is 0.950 bits per heavy atom. The normalized spacial score (nSPS) is 10.7. The van der Waals surface area contributed by atoms with E-state index in [1.165, 1.54) is 27.6 Å². The van der Waals surface area contributed by atoms with E-state index < -0.39 is 0 Å². The van der Waals surface area contributed by atoms with E-state index in [-0.39, 0.29) is 0 Å². The van der Waals surface area contributed by atoms with Gasteiger partial charge in [0.25, 0.3) is 0 Å². The third-order valence-corrected chi connectivity index (χ3v) is 4.21. The van der Waals surface area contributed by atoms with Gasteiger partial charge < -0.3 is 5.32 Å². The number of hydrogen-bond acceptors (Lipinski definition) is 1. The van der Waals surface area contributed by atoms with Crippen LogP contribution in [0.15, 0.2) is 65.1 Å². The standard InChI is InChI=1S/C18H16BrN/c1-13-9-10-15(17(19)11-13)12-20-18-8-4-6-14-5-2-3-7-16(14)18/h2-11,20H,12H2,1H3. The number of benzene rings is 3. The number of nitrogens with one attached hydrogen (secondary N) is 1. The van der Waals surface area contributed by atoms with Crippen molar-refractivity contribution in [3.8, 4) is 0 Å². The third-order valence-electron chi connectivity index (χ3n) is 3.47. The highest BCUT2D eigenvalue weighted by molar-refractivity contribution is 9.10. The summed E-state index contributed by atoms with van der Waals surface area (Å²) in [6.07, 6.45) is 0. The highest BCUT2D eigenvalue weighted by Crippen LogP contribution is 2.25. The molecule has 0 fully saturated rings. The maximum atomic E-state index is 3.63. The monoisotopic (exact) mass is 325 g/mol. The van der Waals surface area contributed by atoms with Gasteiger partial charge in [-0.1, -0.05) is 64.5 Å². The fourth-order valence-corrected chi connectivity index (χ4v) is 3.00. The SMILES string of the molecule is Cc1ccc(CNc2cccc3ccccc23)c(Br)c1. The van der Waals surface area contributed by atoms with Gasteiger partial charge in [-0.25, -0.2) is 0 Å². The van der Waals surface area contributed by atoms with Crippen LogP contribution in [-0.4, -0.2) is 0 Å². The van der Waals surface area contributed by atoms with E-state index in [4.69, 9.17) is 0 Å². The molecule has 2 heteroatoms. The van der Waals surface area contributed by atoms with Crippen LogP contribution >= 0.6 is 15.9 Å². The summed E-state index contributed by atoms with van der Waals surface area (Å²) in [4.78, 5) is 0. The van der Waals surface area contributed by atoms with Gasteiger partial charge in [0.1, 0.15) is 0 Å². The molecular formula is C18H16BrN. The van der Waals surface area contributed by atoms with Crippen LogP contribution in [0.1, 0.15) is 11.1 Å². The van der Waals surface area contributed by atoms with Crippen LogP contribution < -0.4 is 5.32 Å². The van der Waals surface area contributed by atoms with Gasteiger partial charge in [0.05, 0.1) is 0 Å². The van der Waals surface area contributed by atoms with Crippen molar-refractivity contribution in [2.75, 3.05) is 5.32 Å². The summed E-state index contributed by atoms with van der Waals surface area (Å²) in [6.45, 7) is 2.92. The average molecular weight is 326 g/mol. The lowest BCUT2D eigenvalue weighted by molar-refractivity contribution is 1.14. The smallest absolute Gasteiger partial charge is 0.0422 e. The Morgan fingerprint density at radius 2 is 1.75 bits per heavy atom. The van der Waals surface area contributed by atoms with E-state index >= 15 is 0 Å². The minimum Gasteiger partial charge on any atom is -0.380 e. The van der Waals surface area contributed by atoms with Crippen LogP contribution in [-0.2, 0) is 6.54 Å². The maximum absolute atomic E-state index is 3.63. The molecule has 1 N–H and O–H groups in total. The highest BCUT2D eigenvalue weighted by atomic mass is 79.9. The Balaban J connectivity index is 1.87. The number of fused-ring (bicyclic) bond motifs is 1. The lowest BCUT2D eigenvalue weighted by Crippen LogP contribution is -2.00. The molecule has 0 amide bonds. The number of anilines is 1. The van der Waals surface area contributed by atoms with Crippen LogP contribution in [0, 0.1) is 6.92 Å². The van der Waals surface area contributed by atoms with Gasteiger partial charge in [-0.05, 0) is 35.6 Å². The Morgan fingerprint density at radius 3 is 2.60 bits per heavy atom. The summed E-state index contributed by atoms with van der Waals surface area (Å²) in [6, 6.07) is 21.3. The first kappa shape index (κ1) is 13.2. The van der Waals surface area contributed by atoms with Crippen LogP contribution in [0.5, 0.6) is 0 Å². The molecule has 0 aromatic heterocycles. The van der Waals surface area contributed by atoms with Crippen molar-refractivity contribution < 1.29 is 0 Å². The molecule has 1 nitrogen and oxygen atoms in total. The molecule has 0 unspecified atom stereocenters. The summed E-state index contributed by atoms with van der Waals surface area (Å²) in [5, 5.41) is 6.06. The molecule has 0 heterocycles. The second-order valence-electron chi connectivity index (χ2n) is 4.98. The first-order chi connectivity index (χ1) is 9.74. The first-order valence-electron chi connectivity index (χ1n) is 6.71. The van der Waals surface area contributed by atoms with Crippen molar-refractivity contribution in [2.24, 2.45) is 0 Å². The average Bonchev–Trinajstić information content (AvgIpc) is 2.46. The molecule has 0 aliphatic heterocycles. The minimum atomic E-state index is 0.814. The number of halogens is 1. The Hall–Kier alpha value is -1.80. The Kier molecular flexibility index (Phi) is 3.75. The van der Waals surface area contributed by atoms with E-state index in [1.54, 1.807) is 0 Å². The zero-order valence-electron chi connectivity index (χ0n) is 11.4. The van der Waals surface area contributed by atoms with Crippen LogP contribution in [0.25, 0.3) is 10.8 Å². The Bertz CT molecular complexity index is 744.